The van der Waals surface area contributed by atoms with E-state index in [1.54, 1.807) is 12.4 Å². The lowest BCUT2D eigenvalue weighted by Crippen LogP contribution is -2.58. The first-order valence-electron chi connectivity index (χ1n) is 10.4. The first-order chi connectivity index (χ1) is 15.1. The number of aliphatic imine (C=N–C) groups is 2. The minimum absolute atomic E-state index is 0.224. The number of nitrogens with zero attached hydrogens (tertiary/aromatic N) is 6. The molecular formula is C22H24N8O. The van der Waals surface area contributed by atoms with E-state index in [-0.39, 0.29) is 5.96 Å². The van der Waals surface area contributed by atoms with Crippen LogP contribution in [-0.2, 0) is 0 Å². The molecule has 5 rings (SSSR count). The highest BCUT2D eigenvalue weighted by atomic mass is 16.4. The van der Waals surface area contributed by atoms with Crippen molar-refractivity contribution in [2.24, 2.45) is 21.5 Å². The molecule has 31 heavy (non-hydrogen) atoms. The highest BCUT2D eigenvalue weighted by Gasteiger charge is 2.43. The van der Waals surface area contributed by atoms with Crippen molar-refractivity contribution in [2.45, 2.75) is 44.7 Å². The Bertz CT molecular complexity index is 1160. The number of aryl methyl sites for hydroxylation is 1. The number of guanidine groups is 2. The summed E-state index contributed by atoms with van der Waals surface area (Å²) in [5.74, 6) is 1.39. The molecule has 1 aliphatic carbocycles. The zero-order valence-electron chi connectivity index (χ0n) is 17.3. The molecule has 1 fully saturated rings. The van der Waals surface area contributed by atoms with Gasteiger partial charge in [0.05, 0.1) is 11.3 Å². The molecule has 9 nitrogen and oxygen atoms in total. The maximum atomic E-state index is 6.43. The molecule has 2 aliphatic rings. The standard InChI is InChI=1S/C22H24N8O/c1-14-5-6-17(30-21(24)26-20(23)27-22(30)9-3-2-4-10-22)16(13-14)19-29-28-18(31-19)15-7-11-25-12-8-15/h5-8,11-13H,2-4,9-10H2,1H3,(H4,23,24,26,27). The second-order valence-corrected chi connectivity index (χ2v) is 7.99. The molecule has 4 N–H and O–H groups in total. The van der Waals surface area contributed by atoms with Crippen LogP contribution in [0.3, 0.4) is 0 Å². The summed E-state index contributed by atoms with van der Waals surface area (Å²) in [5, 5.41) is 8.57. The summed E-state index contributed by atoms with van der Waals surface area (Å²) in [6.07, 6.45) is 8.35. The summed E-state index contributed by atoms with van der Waals surface area (Å²) < 4.78 is 6.06. The molecule has 158 valence electrons. The Kier molecular flexibility index (Phi) is 4.65. The van der Waals surface area contributed by atoms with Gasteiger partial charge < -0.3 is 15.9 Å². The van der Waals surface area contributed by atoms with E-state index >= 15 is 0 Å². The van der Waals surface area contributed by atoms with Gasteiger partial charge in [-0.2, -0.15) is 4.99 Å². The highest BCUT2D eigenvalue weighted by molar-refractivity contribution is 6.07. The summed E-state index contributed by atoms with van der Waals surface area (Å²) in [7, 11) is 0. The molecule has 0 saturated heterocycles. The van der Waals surface area contributed by atoms with Gasteiger partial charge in [0.2, 0.25) is 23.7 Å². The summed E-state index contributed by atoms with van der Waals surface area (Å²) in [6, 6.07) is 9.72. The highest BCUT2D eigenvalue weighted by Crippen LogP contribution is 2.43. The van der Waals surface area contributed by atoms with Crippen LogP contribution in [0, 0.1) is 6.92 Å². The monoisotopic (exact) mass is 416 g/mol. The van der Waals surface area contributed by atoms with Crippen molar-refractivity contribution in [3.8, 4) is 22.9 Å². The fourth-order valence-electron chi connectivity index (χ4n) is 4.43. The molecule has 0 unspecified atom stereocenters. The first-order valence-corrected chi connectivity index (χ1v) is 10.4. The van der Waals surface area contributed by atoms with Crippen LogP contribution in [0.15, 0.2) is 57.1 Å². The Labute approximate surface area is 179 Å². The average Bonchev–Trinajstić information content (AvgIpc) is 3.25. The third kappa shape index (κ3) is 3.41. The average molecular weight is 416 g/mol. The number of hydrogen-bond donors (Lipinski definition) is 2. The number of aromatic nitrogens is 3. The summed E-state index contributed by atoms with van der Waals surface area (Å²) in [5.41, 5.74) is 15.4. The Morgan fingerprint density at radius 3 is 2.48 bits per heavy atom. The van der Waals surface area contributed by atoms with E-state index in [1.165, 1.54) is 6.42 Å². The number of hydrogen-bond acceptors (Lipinski definition) is 9. The number of benzene rings is 1. The van der Waals surface area contributed by atoms with Gasteiger partial charge in [-0.3, -0.25) is 9.88 Å². The van der Waals surface area contributed by atoms with E-state index in [0.717, 1.165) is 48.1 Å². The Balaban J connectivity index is 1.63. The van der Waals surface area contributed by atoms with Crippen molar-refractivity contribution in [2.75, 3.05) is 4.90 Å². The molecule has 0 radical (unpaired) electrons. The molecule has 3 heterocycles. The molecular weight excluding hydrogens is 392 g/mol. The van der Waals surface area contributed by atoms with Crippen molar-refractivity contribution in [1.29, 1.82) is 0 Å². The molecule has 1 aliphatic heterocycles. The molecule has 9 heteroatoms. The van der Waals surface area contributed by atoms with E-state index < -0.39 is 5.66 Å². The van der Waals surface area contributed by atoms with E-state index in [4.69, 9.17) is 20.9 Å². The van der Waals surface area contributed by atoms with Crippen molar-refractivity contribution in [3.63, 3.8) is 0 Å². The zero-order chi connectivity index (χ0) is 21.4. The third-order valence-electron chi connectivity index (χ3n) is 5.83. The maximum Gasteiger partial charge on any atom is 0.250 e. The van der Waals surface area contributed by atoms with Gasteiger partial charge in [0.25, 0.3) is 0 Å². The molecule has 3 aromatic rings. The quantitative estimate of drug-likeness (QED) is 0.670. The topological polar surface area (TPSA) is 132 Å². The molecule has 1 spiro atoms. The third-order valence-corrected chi connectivity index (χ3v) is 5.83. The molecule has 2 aromatic heterocycles. The van der Waals surface area contributed by atoms with E-state index in [2.05, 4.69) is 20.2 Å². The van der Waals surface area contributed by atoms with Crippen LogP contribution in [0.25, 0.3) is 22.9 Å². The van der Waals surface area contributed by atoms with Gasteiger partial charge in [0, 0.05) is 18.0 Å². The fourth-order valence-corrected chi connectivity index (χ4v) is 4.43. The minimum Gasteiger partial charge on any atom is -0.416 e. The van der Waals surface area contributed by atoms with E-state index in [0.29, 0.717) is 17.7 Å². The summed E-state index contributed by atoms with van der Waals surface area (Å²) in [4.78, 5) is 15.1. The van der Waals surface area contributed by atoms with Gasteiger partial charge in [-0.15, -0.1) is 10.2 Å². The van der Waals surface area contributed by atoms with Gasteiger partial charge >= 0.3 is 0 Å². The second-order valence-electron chi connectivity index (χ2n) is 7.99. The van der Waals surface area contributed by atoms with Gasteiger partial charge in [0.15, 0.2) is 0 Å². The lowest BCUT2D eigenvalue weighted by atomic mass is 9.87. The summed E-state index contributed by atoms with van der Waals surface area (Å²) >= 11 is 0. The van der Waals surface area contributed by atoms with Crippen LogP contribution in [-0.4, -0.2) is 32.8 Å². The Hall–Kier alpha value is -3.75. The van der Waals surface area contributed by atoms with Crippen molar-refractivity contribution in [1.82, 2.24) is 15.2 Å². The number of pyridine rings is 1. The first kappa shape index (κ1) is 19.2. The predicted octanol–water partition coefficient (Wildman–Crippen LogP) is 3.22. The Morgan fingerprint density at radius 1 is 0.968 bits per heavy atom. The largest absolute Gasteiger partial charge is 0.416 e. The molecule has 0 atom stereocenters. The normalized spacial score (nSPS) is 18.0. The summed E-state index contributed by atoms with van der Waals surface area (Å²) in [6.45, 7) is 2.02. The van der Waals surface area contributed by atoms with Gasteiger partial charge in [-0.1, -0.05) is 18.1 Å². The van der Waals surface area contributed by atoms with Crippen LogP contribution in [0.5, 0.6) is 0 Å². The maximum absolute atomic E-state index is 6.43. The molecule has 1 aromatic carbocycles. The zero-order valence-corrected chi connectivity index (χ0v) is 17.3. The van der Waals surface area contributed by atoms with Gasteiger partial charge in [-0.05, 0) is 56.9 Å². The SMILES string of the molecule is Cc1ccc(N2C(N)=NC(N)=NC23CCCCC3)c(-c2nnc(-c3ccncc3)o2)c1. The number of nitrogens with two attached hydrogens (primary N) is 2. The fraction of sp³-hybridized carbons (Fsp3) is 0.318. The van der Waals surface area contributed by atoms with Crippen LogP contribution >= 0.6 is 0 Å². The number of anilines is 1. The van der Waals surface area contributed by atoms with E-state index in [9.17, 15) is 0 Å². The predicted molar refractivity (Wildman–Crippen MR) is 119 cm³/mol. The van der Waals surface area contributed by atoms with Crippen LogP contribution in [0.4, 0.5) is 5.69 Å². The lowest BCUT2D eigenvalue weighted by molar-refractivity contribution is 0.305. The van der Waals surface area contributed by atoms with Crippen LogP contribution in [0.2, 0.25) is 0 Å². The van der Waals surface area contributed by atoms with Crippen LogP contribution in [0.1, 0.15) is 37.7 Å². The molecule has 0 bridgehead atoms. The van der Waals surface area contributed by atoms with Gasteiger partial charge in [-0.25, -0.2) is 4.99 Å². The lowest BCUT2D eigenvalue weighted by Gasteiger charge is -2.46. The Morgan fingerprint density at radius 2 is 1.71 bits per heavy atom. The molecule has 1 saturated carbocycles. The molecule has 0 amide bonds. The van der Waals surface area contributed by atoms with E-state index in [1.807, 2.05) is 42.2 Å². The minimum atomic E-state index is -0.549. The van der Waals surface area contributed by atoms with Gasteiger partial charge in [0.1, 0.15) is 5.66 Å². The van der Waals surface area contributed by atoms with Crippen LogP contribution < -0.4 is 16.4 Å². The van der Waals surface area contributed by atoms with Crippen molar-refractivity contribution < 1.29 is 4.42 Å². The van der Waals surface area contributed by atoms with Crippen molar-refractivity contribution >= 4 is 17.6 Å². The number of rotatable bonds is 3. The second kappa shape index (κ2) is 7.50. The smallest absolute Gasteiger partial charge is 0.250 e. The van der Waals surface area contributed by atoms with Crippen molar-refractivity contribution in [3.05, 3.63) is 48.3 Å².